The number of benzene rings is 3. The first kappa shape index (κ1) is 18.0. The predicted molar refractivity (Wildman–Crippen MR) is 117 cm³/mol. The van der Waals surface area contributed by atoms with Crippen LogP contribution in [0.3, 0.4) is 0 Å². The van der Waals surface area contributed by atoms with Crippen molar-refractivity contribution in [2.24, 2.45) is 0 Å². The molecule has 0 heterocycles. The van der Waals surface area contributed by atoms with E-state index in [9.17, 15) is 0 Å². The zero-order chi connectivity index (χ0) is 18.8. The standard InChI is InChI=1S/C27H30/c1-4-5-8-21-12-14-27-25(16-21)18-24(17-23-9-6-7-10-26(23)27)22-13-11-19(2)20(3)15-22/h6-7,9-16,24H,4-5,8,17-18H2,1-3H3. The Kier molecular flexibility index (Phi) is 5.16. The molecule has 0 spiro atoms. The molecule has 3 aromatic carbocycles. The molecule has 0 saturated heterocycles. The average molecular weight is 355 g/mol. The molecule has 0 aliphatic heterocycles. The van der Waals surface area contributed by atoms with Gasteiger partial charge in [-0.05, 0) is 90.0 Å². The lowest BCUT2D eigenvalue weighted by Crippen LogP contribution is -2.06. The van der Waals surface area contributed by atoms with Crippen molar-refractivity contribution < 1.29 is 0 Å². The van der Waals surface area contributed by atoms with E-state index in [0.29, 0.717) is 5.92 Å². The largest absolute Gasteiger partial charge is 0.0654 e. The molecule has 0 amide bonds. The molecule has 1 aliphatic rings. The van der Waals surface area contributed by atoms with E-state index in [1.807, 2.05) is 0 Å². The van der Waals surface area contributed by atoms with Crippen molar-refractivity contribution in [3.8, 4) is 11.1 Å². The quantitative estimate of drug-likeness (QED) is 0.465. The zero-order valence-corrected chi connectivity index (χ0v) is 16.9. The van der Waals surface area contributed by atoms with Gasteiger partial charge < -0.3 is 0 Å². The summed E-state index contributed by atoms with van der Waals surface area (Å²) in [5, 5.41) is 0. The smallest absolute Gasteiger partial charge is 0.00805 e. The predicted octanol–water partition coefficient (Wildman–Crippen LogP) is 7.20. The summed E-state index contributed by atoms with van der Waals surface area (Å²) in [6.45, 7) is 6.71. The van der Waals surface area contributed by atoms with Crippen molar-refractivity contribution in [1.82, 2.24) is 0 Å². The summed E-state index contributed by atoms with van der Waals surface area (Å²) in [6, 6.07) is 23.3. The minimum atomic E-state index is 0.549. The Labute approximate surface area is 164 Å². The van der Waals surface area contributed by atoms with Crippen molar-refractivity contribution in [1.29, 1.82) is 0 Å². The van der Waals surface area contributed by atoms with Gasteiger partial charge in [0.05, 0.1) is 0 Å². The summed E-state index contributed by atoms with van der Waals surface area (Å²) in [5.41, 5.74) is 11.7. The van der Waals surface area contributed by atoms with Gasteiger partial charge in [0.2, 0.25) is 0 Å². The van der Waals surface area contributed by atoms with Crippen LogP contribution in [0.5, 0.6) is 0 Å². The van der Waals surface area contributed by atoms with E-state index in [-0.39, 0.29) is 0 Å². The van der Waals surface area contributed by atoms with Crippen LogP contribution in [-0.2, 0) is 19.3 Å². The van der Waals surface area contributed by atoms with Gasteiger partial charge in [0.15, 0.2) is 0 Å². The van der Waals surface area contributed by atoms with Crippen LogP contribution in [0, 0.1) is 13.8 Å². The first-order valence-corrected chi connectivity index (χ1v) is 10.4. The molecule has 1 unspecified atom stereocenters. The maximum Gasteiger partial charge on any atom is -0.00805 e. The van der Waals surface area contributed by atoms with Crippen molar-refractivity contribution in [3.63, 3.8) is 0 Å². The highest BCUT2D eigenvalue weighted by atomic mass is 14.3. The molecule has 0 aromatic heterocycles. The normalized spacial score (nSPS) is 15.7. The number of fused-ring (bicyclic) bond motifs is 3. The van der Waals surface area contributed by atoms with Gasteiger partial charge in [-0.25, -0.2) is 0 Å². The van der Waals surface area contributed by atoms with E-state index < -0.39 is 0 Å². The van der Waals surface area contributed by atoms with Gasteiger partial charge >= 0.3 is 0 Å². The number of aryl methyl sites for hydroxylation is 3. The molecule has 0 bridgehead atoms. The van der Waals surface area contributed by atoms with Gasteiger partial charge in [-0.15, -0.1) is 0 Å². The second kappa shape index (κ2) is 7.72. The van der Waals surface area contributed by atoms with Crippen LogP contribution in [0.1, 0.15) is 59.1 Å². The minimum absolute atomic E-state index is 0.549. The molecule has 1 atom stereocenters. The van der Waals surface area contributed by atoms with Crippen LogP contribution in [0.2, 0.25) is 0 Å². The fourth-order valence-corrected chi connectivity index (χ4v) is 4.43. The van der Waals surface area contributed by atoms with Crippen molar-refractivity contribution in [2.45, 2.75) is 58.8 Å². The maximum absolute atomic E-state index is 2.49. The summed E-state index contributed by atoms with van der Waals surface area (Å²) >= 11 is 0. The number of unbranched alkanes of at least 4 members (excludes halogenated alkanes) is 1. The maximum atomic E-state index is 2.49. The topological polar surface area (TPSA) is 0 Å². The summed E-state index contributed by atoms with van der Waals surface area (Å²) in [6.07, 6.45) is 5.98. The molecular formula is C27H30. The minimum Gasteiger partial charge on any atom is -0.0654 e. The molecule has 138 valence electrons. The number of rotatable bonds is 4. The van der Waals surface area contributed by atoms with Gasteiger partial charge in [0.25, 0.3) is 0 Å². The lowest BCUT2D eigenvalue weighted by molar-refractivity contribution is 0.686. The van der Waals surface area contributed by atoms with Crippen LogP contribution in [-0.4, -0.2) is 0 Å². The summed E-state index contributed by atoms with van der Waals surface area (Å²) in [4.78, 5) is 0. The Hall–Kier alpha value is -2.34. The highest BCUT2D eigenvalue weighted by Gasteiger charge is 2.22. The first-order chi connectivity index (χ1) is 13.2. The average Bonchev–Trinajstić information content (AvgIpc) is 2.85. The third kappa shape index (κ3) is 3.72. The van der Waals surface area contributed by atoms with Gasteiger partial charge in [0.1, 0.15) is 0 Å². The Morgan fingerprint density at radius 3 is 2.37 bits per heavy atom. The first-order valence-electron chi connectivity index (χ1n) is 10.4. The van der Waals surface area contributed by atoms with Gasteiger partial charge in [-0.3, -0.25) is 0 Å². The molecule has 0 saturated carbocycles. The van der Waals surface area contributed by atoms with E-state index in [0.717, 1.165) is 12.8 Å². The SMILES string of the molecule is CCCCc1ccc2c(c1)CC(c1ccc(C)c(C)c1)Cc1ccccc1-2. The third-order valence-electron chi connectivity index (χ3n) is 6.23. The highest BCUT2D eigenvalue weighted by Crippen LogP contribution is 2.38. The van der Waals surface area contributed by atoms with Crippen LogP contribution in [0.15, 0.2) is 60.7 Å². The lowest BCUT2D eigenvalue weighted by atomic mass is 9.87. The van der Waals surface area contributed by atoms with E-state index >= 15 is 0 Å². The van der Waals surface area contributed by atoms with Crippen LogP contribution in [0.4, 0.5) is 0 Å². The van der Waals surface area contributed by atoms with E-state index in [2.05, 4.69) is 81.4 Å². The zero-order valence-electron chi connectivity index (χ0n) is 16.9. The Morgan fingerprint density at radius 2 is 1.56 bits per heavy atom. The fourth-order valence-electron chi connectivity index (χ4n) is 4.43. The Morgan fingerprint density at radius 1 is 0.778 bits per heavy atom. The summed E-state index contributed by atoms with van der Waals surface area (Å²) < 4.78 is 0. The molecule has 4 rings (SSSR count). The molecule has 3 aromatic rings. The van der Waals surface area contributed by atoms with Gasteiger partial charge in [-0.1, -0.05) is 74.0 Å². The second-order valence-corrected chi connectivity index (χ2v) is 8.20. The van der Waals surface area contributed by atoms with Gasteiger partial charge in [0, 0.05) is 0 Å². The Bertz CT molecular complexity index is 948. The lowest BCUT2D eigenvalue weighted by Gasteiger charge is -2.18. The van der Waals surface area contributed by atoms with Crippen molar-refractivity contribution in [2.75, 3.05) is 0 Å². The molecular weight excluding hydrogens is 324 g/mol. The van der Waals surface area contributed by atoms with Crippen molar-refractivity contribution in [3.05, 3.63) is 94.0 Å². The van der Waals surface area contributed by atoms with E-state index in [4.69, 9.17) is 0 Å². The van der Waals surface area contributed by atoms with Crippen molar-refractivity contribution >= 4 is 0 Å². The number of hydrogen-bond donors (Lipinski definition) is 0. The van der Waals surface area contributed by atoms with Crippen LogP contribution in [0.25, 0.3) is 11.1 Å². The molecule has 0 radical (unpaired) electrons. The Balaban J connectivity index is 1.79. The molecule has 0 heteroatoms. The van der Waals surface area contributed by atoms with Gasteiger partial charge in [-0.2, -0.15) is 0 Å². The summed E-state index contributed by atoms with van der Waals surface area (Å²) in [5.74, 6) is 0.549. The molecule has 27 heavy (non-hydrogen) atoms. The third-order valence-corrected chi connectivity index (χ3v) is 6.23. The van der Waals surface area contributed by atoms with E-state index in [1.54, 1.807) is 0 Å². The fraction of sp³-hybridized carbons (Fsp3) is 0.333. The molecule has 0 nitrogen and oxygen atoms in total. The summed E-state index contributed by atoms with van der Waals surface area (Å²) in [7, 11) is 0. The number of hydrogen-bond acceptors (Lipinski definition) is 0. The highest BCUT2D eigenvalue weighted by molar-refractivity contribution is 5.72. The van der Waals surface area contributed by atoms with Crippen LogP contribution < -0.4 is 0 Å². The monoisotopic (exact) mass is 354 g/mol. The second-order valence-electron chi connectivity index (χ2n) is 8.20. The molecule has 0 fully saturated rings. The molecule has 0 N–H and O–H groups in total. The van der Waals surface area contributed by atoms with E-state index in [1.165, 1.54) is 63.8 Å². The van der Waals surface area contributed by atoms with Crippen LogP contribution >= 0.6 is 0 Å². The molecule has 1 aliphatic carbocycles.